The lowest BCUT2D eigenvalue weighted by Gasteiger charge is -2.18. The highest BCUT2D eigenvalue weighted by Gasteiger charge is 2.17. The zero-order valence-electron chi connectivity index (χ0n) is 18.8. The molecule has 0 fully saturated rings. The van der Waals surface area contributed by atoms with Crippen LogP contribution in [-0.4, -0.2) is 16.6 Å². The van der Waals surface area contributed by atoms with Gasteiger partial charge in [-0.3, -0.25) is 0 Å². The van der Waals surface area contributed by atoms with Crippen LogP contribution in [0.25, 0.3) is 22.6 Å². The number of hydrogen-bond acceptors (Lipinski definition) is 3. The molecule has 31 heavy (non-hydrogen) atoms. The monoisotopic (exact) mass is 436 g/mol. The number of fused-ring (bicyclic) bond motifs is 1. The molecule has 2 aromatic carbocycles. The van der Waals surface area contributed by atoms with E-state index in [0.717, 1.165) is 39.7 Å². The van der Waals surface area contributed by atoms with Crippen LogP contribution in [0.3, 0.4) is 0 Å². The van der Waals surface area contributed by atoms with E-state index in [-0.39, 0.29) is 5.41 Å². The van der Waals surface area contributed by atoms with E-state index in [0.29, 0.717) is 24.0 Å². The summed E-state index contributed by atoms with van der Waals surface area (Å²) in [4.78, 5) is 8.13. The molecule has 0 saturated carbocycles. The van der Waals surface area contributed by atoms with Crippen molar-refractivity contribution in [2.24, 2.45) is 5.92 Å². The van der Waals surface area contributed by atoms with Crippen LogP contribution in [-0.2, 0) is 11.8 Å². The number of aromatic amines is 1. The summed E-state index contributed by atoms with van der Waals surface area (Å²) in [7, 11) is 0. The van der Waals surface area contributed by atoms with Crippen molar-refractivity contribution in [2.75, 3.05) is 6.61 Å². The van der Waals surface area contributed by atoms with E-state index in [4.69, 9.17) is 25.7 Å². The molecule has 162 valence electrons. The van der Waals surface area contributed by atoms with Gasteiger partial charge in [-0.2, -0.15) is 0 Å². The third-order valence-electron chi connectivity index (χ3n) is 5.20. The summed E-state index contributed by atoms with van der Waals surface area (Å²) in [6.07, 6.45) is 0.600. The first-order valence-corrected chi connectivity index (χ1v) is 11.1. The van der Waals surface area contributed by atoms with Gasteiger partial charge in [0.2, 0.25) is 0 Å². The highest BCUT2D eigenvalue weighted by molar-refractivity contribution is 6.30. The normalized spacial score (nSPS) is 12.1. The number of halogens is 1. The highest BCUT2D eigenvalue weighted by Crippen LogP contribution is 2.30. The van der Waals surface area contributed by atoms with Crippen LogP contribution < -0.4 is 4.74 Å². The number of imidazole rings is 1. The number of nitrogens with zero attached hydrogens (tertiary/aromatic N) is 1. The van der Waals surface area contributed by atoms with Crippen molar-refractivity contribution in [2.45, 2.75) is 46.5 Å². The fourth-order valence-electron chi connectivity index (χ4n) is 3.46. The van der Waals surface area contributed by atoms with Gasteiger partial charge in [-0.05, 0) is 59.4 Å². The van der Waals surface area contributed by atoms with Gasteiger partial charge in [0, 0.05) is 17.0 Å². The number of rotatable bonds is 6. The van der Waals surface area contributed by atoms with Crippen molar-refractivity contribution in [1.29, 1.82) is 0 Å². The molecule has 4 nitrogen and oxygen atoms in total. The van der Waals surface area contributed by atoms with Crippen LogP contribution >= 0.6 is 11.6 Å². The zero-order chi connectivity index (χ0) is 22.2. The van der Waals surface area contributed by atoms with E-state index in [1.807, 2.05) is 30.3 Å². The summed E-state index contributed by atoms with van der Waals surface area (Å²) in [6, 6.07) is 16.0. The fourth-order valence-corrected chi connectivity index (χ4v) is 3.66. The average Bonchev–Trinajstić information content (AvgIpc) is 3.32. The second-order valence-electron chi connectivity index (χ2n) is 9.47. The van der Waals surface area contributed by atoms with E-state index >= 15 is 0 Å². The fraction of sp³-hybridized carbons (Fsp3) is 0.346. The van der Waals surface area contributed by atoms with Gasteiger partial charge in [-0.25, -0.2) is 4.98 Å². The minimum Gasteiger partial charge on any atom is -0.493 e. The van der Waals surface area contributed by atoms with Crippen LogP contribution in [0.15, 0.2) is 52.9 Å². The maximum absolute atomic E-state index is 6.24. The van der Waals surface area contributed by atoms with Crippen LogP contribution in [0, 0.1) is 5.92 Å². The lowest BCUT2D eigenvalue weighted by Crippen LogP contribution is -2.10. The molecule has 0 spiro atoms. The Bertz CT molecular complexity index is 1200. The third kappa shape index (κ3) is 4.96. The van der Waals surface area contributed by atoms with Crippen molar-refractivity contribution in [3.05, 3.63) is 70.4 Å². The van der Waals surface area contributed by atoms with Gasteiger partial charge in [0.1, 0.15) is 11.5 Å². The largest absolute Gasteiger partial charge is 0.493 e. The number of H-pyrrole nitrogens is 1. The SMILES string of the molecule is CC(C)COc1ccc(Cl)cc1Cc1ccc(-c2nc3cc(C(C)(C)C)ccc3[nH]2)o1. The smallest absolute Gasteiger partial charge is 0.174 e. The minimum atomic E-state index is 0.0808. The van der Waals surface area contributed by atoms with Gasteiger partial charge in [-0.15, -0.1) is 0 Å². The minimum absolute atomic E-state index is 0.0808. The predicted octanol–water partition coefficient (Wildman–Crippen LogP) is 7.40. The Labute approximate surface area is 188 Å². The van der Waals surface area contributed by atoms with Gasteiger partial charge in [0.15, 0.2) is 11.6 Å². The maximum Gasteiger partial charge on any atom is 0.174 e. The van der Waals surface area contributed by atoms with E-state index in [1.165, 1.54) is 5.56 Å². The van der Waals surface area contributed by atoms with Gasteiger partial charge in [0.05, 0.1) is 17.6 Å². The molecule has 0 atom stereocenters. The summed E-state index contributed by atoms with van der Waals surface area (Å²) >= 11 is 6.24. The molecule has 0 amide bonds. The molecule has 0 radical (unpaired) electrons. The van der Waals surface area contributed by atoms with E-state index in [1.54, 1.807) is 0 Å². The Kier molecular flexibility index (Phi) is 5.85. The Morgan fingerprint density at radius 3 is 2.61 bits per heavy atom. The van der Waals surface area contributed by atoms with Gasteiger partial charge in [-0.1, -0.05) is 52.3 Å². The zero-order valence-corrected chi connectivity index (χ0v) is 19.5. The molecule has 0 unspecified atom stereocenters. The number of ether oxygens (including phenoxy) is 1. The number of nitrogens with one attached hydrogen (secondary N) is 1. The third-order valence-corrected chi connectivity index (χ3v) is 5.44. The predicted molar refractivity (Wildman–Crippen MR) is 127 cm³/mol. The van der Waals surface area contributed by atoms with Crippen molar-refractivity contribution in [3.8, 4) is 17.3 Å². The summed E-state index contributed by atoms with van der Waals surface area (Å²) in [5.41, 5.74) is 4.29. The molecule has 0 bridgehead atoms. The van der Waals surface area contributed by atoms with Crippen LogP contribution in [0.5, 0.6) is 5.75 Å². The number of hydrogen-bond donors (Lipinski definition) is 1. The van der Waals surface area contributed by atoms with Gasteiger partial charge >= 0.3 is 0 Å². The topological polar surface area (TPSA) is 51.0 Å². The average molecular weight is 437 g/mol. The summed E-state index contributed by atoms with van der Waals surface area (Å²) in [5, 5.41) is 0.686. The Morgan fingerprint density at radius 1 is 1.06 bits per heavy atom. The Balaban J connectivity index is 1.58. The first-order chi connectivity index (χ1) is 14.7. The van der Waals surface area contributed by atoms with Crippen molar-refractivity contribution in [1.82, 2.24) is 9.97 Å². The van der Waals surface area contributed by atoms with Crippen molar-refractivity contribution in [3.63, 3.8) is 0 Å². The molecule has 4 rings (SSSR count). The van der Waals surface area contributed by atoms with Crippen molar-refractivity contribution < 1.29 is 9.15 Å². The molecule has 0 aliphatic rings. The van der Waals surface area contributed by atoms with Crippen LogP contribution in [0.1, 0.15) is 51.5 Å². The molecule has 0 saturated heterocycles. The highest BCUT2D eigenvalue weighted by atomic mass is 35.5. The maximum atomic E-state index is 6.24. The summed E-state index contributed by atoms with van der Waals surface area (Å²) < 4.78 is 12.1. The number of benzene rings is 2. The molecule has 0 aliphatic carbocycles. The first kappa shape index (κ1) is 21.5. The number of aromatic nitrogens is 2. The quantitative estimate of drug-likeness (QED) is 0.342. The van der Waals surface area contributed by atoms with Gasteiger partial charge in [0.25, 0.3) is 0 Å². The standard InChI is InChI=1S/C26H29ClN2O2/c1-16(2)15-30-23-10-7-19(27)12-17(23)13-20-8-11-24(31-20)25-28-21-9-6-18(26(3,4)5)14-22(21)29-25/h6-12,14,16H,13,15H2,1-5H3,(H,28,29). The molecule has 2 aromatic heterocycles. The second-order valence-corrected chi connectivity index (χ2v) is 9.90. The Hall–Kier alpha value is -2.72. The molecular weight excluding hydrogens is 408 g/mol. The second kappa shape index (κ2) is 8.43. The molecular formula is C26H29ClN2O2. The number of furan rings is 1. The Morgan fingerprint density at radius 2 is 1.87 bits per heavy atom. The first-order valence-electron chi connectivity index (χ1n) is 10.7. The molecule has 0 aliphatic heterocycles. The van der Waals surface area contributed by atoms with E-state index < -0.39 is 0 Å². The summed E-state index contributed by atoms with van der Waals surface area (Å²) in [6.45, 7) is 11.5. The van der Waals surface area contributed by atoms with E-state index in [2.05, 4.69) is 57.8 Å². The van der Waals surface area contributed by atoms with Crippen molar-refractivity contribution >= 4 is 22.6 Å². The lowest BCUT2D eigenvalue weighted by atomic mass is 9.87. The van der Waals surface area contributed by atoms with E-state index in [9.17, 15) is 0 Å². The lowest BCUT2D eigenvalue weighted by molar-refractivity contribution is 0.268. The molecule has 4 aromatic rings. The molecule has 1 N–H and O–H groups in total. The van der Waals surface area contributed by atoms with Crippen LogP contribution in [0.2, 0.25) is 5.02 Å². The van der Waals surface area contributed by atoms with Gasteiger partial charge < -0.3 is 14.1 Å². The van der Waals surface area contributed by atoms with Crippen LogP contribution in [0.4, 0.5) is 0 Å². The molecule has 2 heterocycles. The molecule has 5 heteroatoms. The summed E-state index contributed by atoms with van der Waals surface area (Å²) in [5.74, 6) is 3.58.